The molecule has 2 aromatic heterocycles. The summed E-state index contributed by atoms with van der Waals surface area (Å²) in [6.07, 6.45) is 0.848. The van der Waals surface area contributed by atoms with Crippen LogP contribution in [0.5, 0.6) is 0 Å². The van der Waals surface area contributed by atoms with Crippen LogP contribution in [0, 0.1) is 5.82 Å². The quantitative estimate of drug-likeness (QED) is 0.335. The van der Waals surface area contributed by atoms with E-state index in [-0.39, 0.29) is 29.6 Å². The Balaban J connectivity index is 1.43. The van der Waals surface area contributed by atoms with Crippen LogP contribution in [-0.4, -0.2) is 27.8 Å². The maximum Gasteiger partial charge on any atom is 0.272 e. The monoisotopic (exact) mass is 451 g/mol. The minimum absolute atomic E-state index is 0.0112. The number of nitrogens with zero attached hydrogens (tertiary/aromatic N) is 3. The Morgan fingerprint density at radius 1 is 1.13 bits per heavy atom. The fraction of sp³-hybridized carbons (Fsp3) is 0.174. The number of hydrogen-bond acceptors (Lipinski definition) is 5. The van der Waals surface area contributed by atoms with Crippen molar-refractivity contribution >= 4 is 44.9 Å². The summed E-state index contributed by atoms with van der Waals surface area (Å²) in [4.78, 5) is 32.5. The van der Waals surface area contributed by atoms with Crippen molar-refractivity contribution in [2.45, 2.75) is 18.1 Å². The van der Waals surface area contributed by atoms with E-state index < -0.39 is 0 Å². The number of halogens is 1. The molecular weight excluding hydrogens is 433 g/mol. The molecule has 3 heterocycles. The normalized spacial score (nSPS) is 13.0. The zero-order chi connectivity index (χ0) is 21.4. The van der Waals surface area contributed by atoms with E-state index in [2.05, 4.69) is 4.98 Å². The summed E-state index contributed by atoms with van der Waals surface area (Å²) in [6, 6.07) is 15.8. The average molecular weight is 452 g/mol. The second-order valence-corrected chi connectivity index (χ2v) is 9.12. The van der Waals surface area contributed by atoms with Crippen molar-refractivity contribution in [3.63, 3.8) is 0 Å². The smallest absolute Gasteiger partial charge is 0.272 e. The summed E-state index contributed by atoms with van der Waals surface area (Å²) in [6.45, 7) is 0.932. The van der Waals surface area contributed by atoms with E-state index in [1.165, 1.54) is 40.8 Å². The predicted molar refractivity (Wildman–Crippen MR) is 123 cm³/mol. The first-order chi connectivity index (χ1) is 15.1. The van der Waals surface area contributed by atoms with Gasteiger partial charge in [-0.15, -0.1) is 11.3 Å². The fourth-order valence-electron chi connectivity index (χ4n) is 3.75. The van der Waals surface area contributed by atoms with Gasteiger partial charge in [-0.05, 0) is 47.2 Å². The molecule has 0 N–H and O–H groups in total. The highest BCUT2D eigenvalue weighted by Gasteiger charge is 2.24. The highest BCUT2D eigenvalue weighted by Crippen LogP contribution is 2.29. The number of fused-ring (bicyclic) bond motifs is 2. The molecule has 5 rings (SSSR count). The second-order valence-electron chi connectivity index (χ2n) is 7.26. The number of rotatable bonds is 5. The van der Waals surface area contributed by atoms with E-state index in [0.717, 1.165) is 17.7 Å². The van der Waals surface area contributed by atoms with E-state index in [1.54, 1.807) is 21.6 Å². The molecule has 1 amide bonds. The van der Waals surface area contributed by atoms with E-state index in [4.69, 9.17) is 0 Å². The van der Waals surface area contributed by atoms with Crippen LogP contribution < -0.4 is 10.5 Å². The maximum absolute atomic E-state index is 13.3. The van der Waals surface area contributed by atoms with Gasteiger partial charge in [0.2, 0.25) is 5.91 Å². The van der Waals surface area contributed by atoms with Crippen LogP contribution in [-0.2, 0) is 17.8 Å². The van der Waals surface area contributed by atoms with E-state index >= 15 is 0 Å². The Kier molecular flexibility index (Phi) is 5.33. The largest absolute Gasteiger partial charge is 0.311 e. The van der Waals surface area contributed by atoms with Gasteiger partial charge in [-0.25, -0.2) is 9.37 Å². The summed E-state index contributed by atoms with van der Waals surface area (Å²) in [5.74, 6) is -0.156. The molecular formula is C23H18FN3O2S2. The Morgan fingerprint density at radius 2 is 1.94 bits per heavy atom. The topological polar surface area (TPSA) is 55.2 Å². The highest BCUT2D eigenvalue weighted by molar-refractivity contribution is 7.99. The van der Waals surface area contributed by atoms with Crippen LogP contribution >= 0.6 is 23.1 Å². The van der Waals surface area contributed by atoms with Crippen LogP contribution in [0.2, 0.25) is 0 Å². The van der Waals surface area contributed by atoms with Crippen molar-refractivity contribution in [1.29, 1.82) is 0 Å². The lowest BCUT2D eigenvalue weighted by atomic mass is 10.2. The first-order valence-corrected chi connectivity index (χ1v) is 11.7. The van der Waals surface area contributed by atoms with E-state index in [0.29, 0.717) is 21.9 Å². The van der Waals surface area contributed by atoms with Gasteiger partial charge in [-0.1, -0.05) is 42.1 Å². The van der Waals surface area contributed by atoms with Crippen LogP contribution in [0.1, 0.15) is 11.1 Å². The third kappa shape index (κ3) is 3.88. The molecule has 4 aromatic rings. The molecule has 0 saturated heterocycles. The van der Waals surface area contributed by atoms with Crippen molar-refractivity contribution in [3.05, 3.63) is 87.3 Å². The van der Waals surface area contributed by atoms with Crippen molar-refractivity contribution in [1.82, 2.24) is 9.55 Å². The summed E-state index contributed by atoms with van der Waals surface area (Å²) in [5, 5.41) is 2.32. The predicted octanol–water partition coefficient (Wildman–Crippen LogP) is 4.33. The molecule has 31 heavy (non-hydrogen) atoms. The fourth-order valence-corrected chi connectivity index (χ4v) is 5.40. The highest BCUT2D eigenvalue weighted by atomic mass is 32.2. The van der Waals surface area contributed by atoms with Gasteiger partial charge in [0.15, 0.2) is 5.16 Å². The summed E-state index contributed by atoms with van der Waals surface area (Å²) in [5.41, 5.74) is 3.41. The minimum atomic E-state index is -0.325. The molecule has 0 bridgehead atoms. The van der Waals surface area contributed by atoms with Gasteiger partial charge in [0.05, 0.1) is 17.8 Å². The third-order valence-corrected chi connectivity index (χ3v) is 7.15. The maximum atomic E-state index is 13.3. The minimum Gasteiger partial charge on any atom is -0.311 e. The van der Waals surface area contributed by atoms with Crippen molar-refractivity contribution in [2.75, 3.05) is 17.2 Å². The Morgan fingerprint density at radius 3 is 2.77 bits per heavy atom. The third-order valence-electron chi connectivity index (χ3n) is 5.30. The van der Waals surface area contributed by atoms with Gasteiger partial charge in [0.25, 0.3) is 5.56 Å². The first-order valence-electron chi connectivity index (χ1n) is 9.84. The van der Waals surface area contributed by atoms with Crippen LogP contribution in [0.4, 0.5) is 10.1 Å². The second kappa shape index (κ2) is 8.28. The Hall–Kier alpha value is -2.97. The first kappa shape index (κ1) is 20.0. The Bertz CT molecular complexity index is 1330. The van der Waals surface area contributed by atoms with E-state index in [1.807, 2.05) is 35.7 Å². The molecule has 0 atom stereocenters. The van der Waals surface area contributed by atoms with Gasteiger partial charge >= 0.3 is 0 Å². The number of carbonyl (C=O) groups excluding carboxylic acids is 1. The number of thioether (sulfide) groups is 1. The van der Waals surface area contributed by atoms with Crippen molar-refractivity contribution in [2.24, 2.45) is 0 Å². The van der Waals surface area contributed by atoms with Gasteiger partial charge in [0, 0.05) is 12.2 Å². The number of aromatic nitrogens is 2. The average Bonchev–Trinajstić information content (AvgIpc) is 3.43. The van der Waals surface area contributed by atoms with Gasteiger partial charge in [-0.3, -0.25) is 14.2 Å². The molecule has 156 valence electrons. The number of para-hydroxylation sites is 1. The molecule has 2 aromatic carbocycles. The SMILES string of the molecule is O=C(CSc1nc2ccsc2c(=O)n1Cc1ccc(F)cc1)N1CCc2ccccc21. The zero-order valence-electron chi connectivity index (χ0n) is 16.5. The molecule has 0 radical (unpaired) electrons. The number of carbonyl (C=O) groups is 1. The molecule has 1 aliphatic heterocycles. The molecule has 5 nitrogen and oxygen atoms in total. The molecule has 0 saturated carbocycles. The number of anilines is 1. The van der Waals surface area contributed by atoms with Crippen LogP contribution in [0.25, 0.3) is 10.2 Å². The van der Waals surface area contributed by atoms with Gasteiger partial charge < -0.3 is 4.90 Å². The molecule has 0 aliphatic carbocycles. The number of thiophene rings is 1. The summed E-state index contributed by atoms with van der Waals surface area (Å²) < 4.78 is 15.4. The Labute approximate surface area is 186 Å². The summed E-state index contributed by atoms with van der Waals surface area (Å²) in [7, 11) is 0. The molecule has 0 unspecified atom stereocenters. The van der Waals surface area contributed by atoms with Crippen LogP contribution in [0.3, 0.4) is 0 Å². The van der Waals surface area contributed by atoms with Gasteiger partial charge in [0.1, 0.15) is 10.5 Å². The molecule has 0 spiro atoms. The number of hydrogen-bond donors (Lipinski definition) is 0. The van der Waals surface area contributed by atoms with Crippen molar-refractivity contribution in [3.8, 4) is 0 Å². The van der Waals surface area contributed by atoms with E-state index in [9.17, 15) is 14.0 Å². The molecule has 0 fully saturated rings. The lowest BCUT2D eigenvalue weighted by molar-refractivity contribution is -0.116. The lowest BCUT2D eigenvalue weighted by Gasteiger charge is -2.18. The lowest BCUT2D eigenvalue weighted by Crippen LogP contribution is -2.31. The zero-order valence-corrected chi connectivity index (χ0v) is 18.1. The molecule has 8 heteroatoms. The molecule has 1 aliphatic rings. The number of amides is 1. The van der Waals surface area contributed by atoms with Crippen LogP contribution in [0.15, 0.2) is 69.9 Å². The van der Waals surface area contributed by atoms with Crippen molar-refractivity contribution < 1.29 is 9.18 Å². The van der Waals surface area contributed by atoms with Gasteiger partial charge in [-0.2, -0.15) is 0 Å². The standard InChI is InChI=1S/C23H18FN3O2S2/c24-17-7-5-15(6-8-17)13-27-22(29)21-18(10-12-30-21)25-23(27)31-14-20(28)26-11-9-16-3-1-2-4-19(16)26/h1-8,10,12H,9,11,13-14H2. The number of benzene rings is 2. The summed E-state index contributed by atoms with van der Waals surface area (Å²) >= 11 is 2.61.